The minimum atomic E-state index is -0.987. The van der Waals surface area contributed by atoms with E-state index in [1.807, 2.05) is 55.5 Å². The third kappa shape index (κ3) is 3.93. The van der Waals surface area contributed by atoms with Crippen LogP contribution in [-0.2, 0) is 4.79 Å². The van der Waals surface area contributed by atoms with Gasteiger partial charge in [-0.1, -0.05) is 65.3 Å². The maximum absolute atomic E-state index is 10.7. The first-order valence-corrected chi connectivity index (χ1v) is 7.53. The molecule has 2 unspecified atom stereocenters. The highest BCUT2D eigenvalue weighted by molar-refractivity contribution is 9.10. The molecular formula is C17H17BrO3. The second-order valence-corrected chi connectivity index (χ2v) is 5.91. The van der Waals surface area contributed by atoms with Crippen LogP contribution in [0.15, 0.2) is 53.0 Å². The van der Waals surface area contributed by atoms with E-state index in [-0.39, 0.29) is 12.3 Å². The summed E-state index contributed by atoms with van der Waals surface area (Å²) in [6, 6.07) is 15.8. The van der Waals surface area contributed by atoms with E-state index in [0.717, 1.165) is 21.2 Å². The van der Waals surface area contributed by atoms with Crippen molar-refractivity contribution >= 4 is 21.9 Å². The van der Waals surface area contributed by atoms with E-state index < -0.39 is 12.1 Å². The van der Waals surface area contributed by atoms with Crippen LogP contribution in [0.3, 0.4) is 0 Å². The topological polar surface area (TPSA) is 57.5 Å². The molecule has 0 radical (unpaired) electrons. The summed E-state index contributed by atoms with van der Waals surface area (Å²) in [5.41, 5.74) is 3.11. The van der Waals surface area contributed by atoms with Crippen LogP contribution < -0.4 is 0 Å². The van der Waals surface area contributed by atoms with Crippen molar-refractivity contribution in [3.8, 4) is 11.1 Å². The zero-order valence-corrected chi connectivity index (χ0v) is 13.2. The van der Waals surface area contributed by atoms with Gasteiger partial charge in [-0.2, -0.15) is 0 Å². The van der Waals surface area contributed by atoms with E-state index in [0.29, 0.717) is 0 Å². The first kappa shape index (κ1) is 15.7. The van der Waals surface area contributed by atoms with Crippen LogP contribution in [0.25, 0.3) is 11.1 Å². The summed E-state index contributed by atoms with van der Waals surface area (Å²) in [5, 5.41) is 18.6. The van der Waals surface area contributed by atoms with Gasteiger partial charge in [0.2, 0.25) is 0 Å². The summed E-state index contributed by atoms with van der Waals surface area (Å²) in [6.45, 7) is 1.83. The van der Waals surface area contributed by atoms with Crippen molar-refractivity contribution in [2.75, 3.05) is 0 Å². The van der Waals surface area contributed by atoms with E-state index in [1.165, 1.54) is 0 Å². The summed E-state index contributed by atoms with van der Waals surface area (Å²) < 4.78 is 1.02. The Bertz CT molecular complexity index is 622. The Morgan fingerprint density at radius 1 is 1.14 bits per heavy atom. The lowest BCUT2D eigenvalue weighted by Crippen LogP contribution is -2.19. The molecule has 0 spiro atoms. The number of hydrogen-bond acceptors (Lipinski definition) is 2. The van der Waals surface area contributed by atoms with Crippen molar-refractivity contribution < 1.29 is 15.0 Å². The molecule has 0 aromatic heterocycles. The molecule has 2 N–H and O–H groups in total. The average Bonchev–Trinajstić information content (AvgIpc) is 2.46. The summed E-state index contributed by atoms with van der Waals surface area (Å²) in [4.78, 5) is 10.7. The van der Waals surface area contributed by atoms with Gasteiger partial charge in [0.15, 0.2) is 0 Å². The number of carbonyl (C=O) groups is 1. The number of carboxylic acid groups (broad SMARTS) is 1. The van der Waals surface area contributed by atoms with Crippen molar-refractivity contribution in [1.29, 1.82) is 0 Å². The van der Waals surface area contributed by atoms with Crippen molar-refractivity contribution in [2.24, 2.45) is 0 Å². The lowest BCUT2D eigenvalue weighted by Gasteiger charge is -2.18. The predicted octanol–water partition coefficient (Wildman–Crippen LogP) is 4.06. The molecule has 2 atom stereocenters. The quantitative estimate of drug-likeness (QED) is 0.856. The lowest BCUT2D eigenvalue weighted by molar-refractivity contribution is -0.139. The molecule has 110 valence electrons. The van der Waals surface area contributed by atoms with Crippen molar-refractivity contribution in [1.82, 2.24) is 0 Å². The second-order valence-electron chi connectivity index (χ2n) is 5.06. The first-order chi connectivity index (χ1) is 9.99. The summed E-state index contributed by atoms with van der Waals surface area (Å²) >= 11 is 3.53. The number of benzene rings is 2. The molecule has 0 aliphatic rings. The molecule has 0 saturated carbocycles. The van der Waals surface area contributed by atoms with Gasteiger partial charge < -0.3 is 10.2 Å². The van der Waals surface area contributed by atoms with Gasteiger partial charge in [0.25, 0.3) is 0 Å². The lowest BCUT2D eigenvalue weighted by atomic mass is 9.92. The number of hydrogen-bond donors (Lipinski definition) is 2. The molecule has 4 heteroatoms. The number of carboxylic acids is 1. The normalized spacial score (nSPS) is 13.7. The Labute approximate surface area is 132 Å². The Kier molecular flexibility index (Phi) is 5.15. The first-order valence-electron chi connectivity index (χ1n) is 6.73. The van der Waals surface area contributed by atoms with Crippen LogP contribution in [0.5, 0.6) is 0 Å². The minimum Gasteiger partial charge on any atom is -0.481 e. The van der Waals surface area contributed by atoms with Crippen LogP contribution in [0, 0.1) is 0 Å². The van der Waals surface area contributed by atoms with Crippen LogP contribution in [0.2, 0.25) is 0 Å². The van der Waals surface area contributed by atoms with E-state index in [2.05, 4.69) is 15.9 Å². The molecule has 0 fully saturated rings. The van der Waals surface area contributed by atoms with Crippen molar-refractivity contribution in [2.45, 2.75) is 25.4 Å². The summed E-state index contributed by atoms with van der Waals surface area (Å²) in [5.74, 6) is -1.20. The fourth-order valence-electron chi connectivity index (χ4n) is 2.24. The highest BCUT2D eigenvalue weighted by atomic mass is 79.9. The zero-order chi connectivity index (χ0) is 15.4. The highest BCUT2D eigenvalue weighted by Crippen LogP contribution is 2.30. The molecule has 21 heavy (non-hydrogen) atoms. The van der Waals surface area contributed by atoms with E-state index in [1.54, 1.807) is 0 Å². The molecule has 0 heterocycles. The summed E-state index contributed by atoms with van der Waals surface area (Å²) in [7, 11) is 0. The van der Waals surface area contributed by atoms with E-state index >= 15 is 0 Å². The van der Waals surface area contributed by atoms with Crippen LogP contribution in [-0.4, -0.2) is 22.3 Å². The Morgan fingerprint density at radius 2 is 1.76 bits per heavy atom. The van der Waals surface area contributed by atoms with E-state index in [9.17, 15) is 9.90 Å². The molecule has 0 aliphatic carbocycles. The van der Waals surface area contributed by atoms with Gasteiger partial charge >= 0.3 is 5.97 Å². The minimum absolute atomic E-state index is 0.214. The maximum Gasteiger partial charge on any atom is 0.305 e. The summed E-state index contributed by atoms with van der Waals surface area (Å²) in [6.07, 6.45) is -1.12. The van der Waals surface area contributed by atoms with Gasteiger partial charge in [-0.3, -0.25) is 4.79 Å². The number of rotatable bonds is 5. The smallest absolute Gasteiger partial charge is 0.305 e. The van der Waals surface area contributed by atoms with Gasteiger partial charge in [0.1, 0.15) is 0 Å². The Hall–Kier alpha value is -1.65. The SMILES string of the molecule is CC(c1ccc(-c2ccccc2Br)cc1)C(O)CC(=O)O. The molecule has 2 aromatic carbocycles. The number of aliphatic hydroxyl groups excluding tert-OH is 1. The fourth-order valence-corrected chi connectivity index (χ4v) is 2.75. The molecular weight excluding hydrogens is 332 g/mol. The molecule has 0 aliphatic heterocycles. The van der Waals surface area contributed by atoms with Crippen molar-refractivity contribution in [3.05, 3.63) is 58.6 Å². The number of aliphatic hydroxyl groups is 1. The Morgan fingerprint density at radius 3 is 2.33 bits per heavy atom. The van der Waals surface area contributed by atoms with Crippen LogP contribution in [0.1, 0.15) is 24.8 Å². The molecule has 2 rings (SSSR count). The molecule has 0 saturated heterocycles. The average molecular weight is 349 g/mol. The van der Waals surface area contributed by atoms with Crippen LogP contribution >= 0.6 is 15.9 Å². The highest BCUT2D eigenvalue weighted by Gasteiger charge is 2.19. The second kappa shape index (κ2) is 6.87. The third-order valence-corrected chi connectivity index (χ3v) is 4.27. The molecule has 0 amide bonds. The van der Waals surface area contributed by atoms with Gasteiger partial charge in [0, 0.05) is 10.4 Å². The molecule has 0 bridgehead atoms. The molecule has 3 nitrogen and oxygen atoms in total. The predicted molar refractivity (Wildman–Crippen MR) is 86.3 cm³/mol. The van der Waals surface area contributed by atoms with Gasteiger partial charge in [-0.25, -0.2) is 0 Å². The number of aliphatic carboxylic acids is 1. The van der Waals surface area contributed by atoms with E-state index in [4.69, 9.17) is 5.11 Å². The fraction of sp³-hybridized carbons (Fsp3) is 0.235. The largest absolute Gasteiger partial charge is 0.481 e. The third-order valence-electron chi connectivity index (χ3n) is 3.58. The van der Waals surface area contributed by atoms with Crippen molar-refractivity contribution in [3.63, 3.8) is 0 Å². The van der Waals surface area contributed by atoms with Gasteiger partial charge in [-0.05, 0) is 22.8 Å². The zero-order valence-electron chi connectivity index (χ0n) is 11.7. The standard InChI is InChI=1S/C17H17BrO3/c1-11(16(19)10-17(20)21)12-6-8-13(9-7-12)14-4-2-3-5-15(14)18/h2-9,11,16,19H,10H2,1H3,(H,20,21). The number of halogens is 1. The van der Waals surface area contributed by atoms with Crippen LogP contribution in [0.4, 0.5) is 0 Å². The van der Waals surface area contributed by atoms with Gasteiger partial charge in [-0.15, -0.1) is 0 Å². The monoisotopic (exact) mass is 348 g/mol. The Balaban J connectivity index is 2.19. The molecule has 2 aromatic rings. The maximum atomic E-state index is 10.7. The van der Waals surface area contributed by atoms with Gasteiger partial charge in [0.05, 0.1) is 12.5 Å².